The smallest absolute Gasteiger partial charge is 0.327 e. The molecule has 0 amide bonds. The van der Waals surface area contributed by atoms with E-state index in [1.165, 1.54) is 12.1 Å². The normalized spacial score (nSPS) is 28.6. The van der Waals surface area contributed by atoms with Crippen LogP contribution in [0, 0.1) is 11.8 Å². The zero-order valence-corrected chi connectivity index (χ0v) is 10.4. The Hall–Kier alpha value is -1.03. The van der Waals surface area contributed by atoms with E-state index >= 15 is 0 Å². The van der Waals surface area contributed by atoms with Gasteiger partial charge in [0.2, 0.25) is 0 Å². The molecular formula is C14H18F3N. The molecule has 2 rings (SSSR count). The largest absolute Gasteiger partial charge is 0.416 e. The summed E-state index contributed by atoms with van der Waals surface area (Å²) in [6.07, 6.45) is -1.57. The Morgan fingerprint density at radius 2 is 2.00 bits per heavy atom. The van der Waals surface area contributed by atoms with Crippen LogP contribution in [-0.2, 0) is 12.6 Å². The van der Waals surface area contributed by atoms with Gasteiger partial charge in [-0.1, -0.05) is 25.1 Å². The average Bonchev–Trinajstić information content (AvgIpc) is 2.60. The summed E-state index contributed by atoms with van der Waals surface area (Å²) in [6, 6.07) is 5.83. The van der Waals surface area contributed by atoms with Crippen LogP contribution < -0.4 is 5.73 Å². The number of halogens is 3. The summed E-state index contributed by atoms with van der Waals surface area (Å²) in [4.78, 5) is 0. The topological polar surface area (TPSA) is 26.0 Å². The van der Waals surface area contributed by atoms with E-state index in [-0.39, 0.29) is 6.04 Å². The maximum atomic E-state index is 12.6. The third kappa shape index (κ3) is 2.86. The van der Waals surface area contributed by atoms with Crippen molar-refractivity contribution in [3.05, 3.63) is 35.4 Å². The first-order valence-corrected chi connectivity index (χ1v) is 6.29. The summed E-state index contributed by atoms with van der Waals surface area (Å²) in [5.41, 5.74) is 6.14. The summed E-state index contributed by atoms with van der Waals surface area (Å²) >= 11 is 0. The monoisotopic (exact) mass is 257 g/mol. The van der Waals surface area contributed by atoms with Crippen molar-refractivity contribution in [1.29, 1.82) is 0 Å². The highest BCUT2D eigenvalue weighted by Gasteiger charge is 2.32. The van der Waals surface area contributed by atoms with Crippen LogP contribution in [0.5, 0.6) is 0 Å². The number of hydrogen-bond donors (Lipinski definition) is 1. The van der Waals surface area contributed by atoms with Gasteiger partial charge in [-0.25, -0.2) is 0 Å². The molecule has 18 heavy (non-hydrogen) atoms. The summed E-state index contributed by atoms with van der Waals surface area (Å²) < 4.78 is 37.8. The van der Waals surface area contributed by atoms with E-state index in [2.05, 4.69) is 6.92 Å². The highest BCUT2D eigenvalue weighted by Crippen LogP contribution is 2.34. The van der Waals surface area contributed by atoms with Crippen molar-refractivity contribution >= 4 is 0 Å². The Morgan fingerprint density at radius 3 is 2.56 bits per heavy atom. The Morgan fingerprint density at radius 1 is 1.28 bits per heavy atom. The standard InChI is InChI=1S/C14H18F3N/c1-9-11(5-6-13(9)18)7-10-3-2-4-12(8-10)14(15,16)17/h2-4,8-9,11,13H,5-7,18H2,1H3. The van der Waals surface area contributed by atoms with Gasteiger partial charge in [0.05, 0.1) is 5.56 Å². The summed E-state index contributed by atoms with van der Waals surface area (Å²) in [5.74, 6) is 0.794. The Balaban J connectivity index is 2.11. The van der Waals surface area contributed by atoms with E-state index in [1.807, 2.05) is 0 Å². The minimum atomic E-state index is -4.26. The van der Waals surface area contributed by atoms with Gasteiger partial charge < -0.3 is 5.73 Å². The number of nitrogens with two attached hydrogens (primary N) is 1. The van der Waals surface area contributed by atoms with Crippen LogP contribution in [0.1, 0.15) is 30.9 Å². The second-order valence-electron chi connectivity index (χ2n) is 5.26. The molecule has 1 saturated carbocycles. The number of rotatable bonds is 2. The SMILES string of the molecule is CC1C(N)CCC1Cc1cccc(C(F)(F)F)c1. The molecule has 0 radical (unpaired) electrons. The first-order valence-electron chi connectivity index (χ1n) is 6.29. The van der Waals surface area contributed by atoms with Crippen molar-refractivity contribution in [3.63, 3.8) is 0 Å². The molecule has 0 spiro atoms. The molecule has 1 aromatic carbocycles. The molecular weight excluding hydrogens is 239 g/mol. The molecule has 0 saturated heterocycles. The van der Waals surface area contributed by atoms with Crippen LogP contribution in [0.4, 0.5) is 13.2 Å². The highest BCUT2D eigenvalue weighted by molar-refractivity contribution is 5.26. The van der Waals surface area contributed by atoms with Gasteiger partial charge in [-0.15, -0.1) is 0 Å². The van der Waals surface area contributed by atoms with Crippen LogP contribution in [-0.4, -0.2) is 6.04 Å². The van der Waals surface area contributed by atoms with Crippen molar-refractivity contribution in [3.8, 4) is 0 Å². The van der Waals surface area contributed by atoms with E-state index in [0.717, 1.165) is 24.5 Å². The van der Waals surface area contributed by atoms with Crippen LogP contribution in [0.2, 0.25) is 0 Å². The molecule has 0 bridgehead atoms. The van der Waals surface area contributed by atoms with Crippen LogP contribution in [0.3, 0.4) is 0 Å². The summed E-state index contributed by atoms with van der Waals surface area (Å²) in [6.45, 7) is 2.09. The molecule has 0 heterocycles. The zero-order valence-electron chi connectivity index (χ0n) is 10.4. The molecule has 2 N–H and O–H groups in total. The second kappa shape index (κ2) is 4.92. The van der Waals surface area contributed by atoms with Gasteiger partial charge in [0.25, 0.3) is 0 Å². The fourth-order valence-electron chi connectivity index (χ4n) is 2.75. The van der Waals surface area contributed by atoms with Gasteiger partial charge in [0, 0.05) is 6.04 Å². The molecule has 100 valence electrons. The van der Waals surface area contributed by atoms with Gasteiger partial charge in [0.15, 0.2) is 0 Å². The molecule has 3 atom stereocenters. The van der Waals surface area contributed by atoms with Crippen molar-refractivity contribution in [2.24, 2.45) is 17.6 Å². The van der Waals surface area contributed by atoms with Crippen molar-refractivity contribution in [2.45, 2.75) is 38.4 Å². The second-order valence-corrected chi connectivity index (χ2v) is 5.26. The maximum absolute atomic E-state index is 12.6. The van der Waals surface area contributed by atoms with Crippen LogP contribution in [0.25, 0.3) is 0 Å². The molecule has 4 heteroatoms. The van der Waals surface area contributed by atoms with Crippen LogP contribution >= 0.6 is 0 Å². The Kier molecular flexibility index (Phi) is 3.66. The van der Waals surface area contributed by atoms with Gasteiger partial charge in [-0.2, -0.15) is 13.2 Å². The van der Waals surface area contributed by atoms with E-state index in [0.29, 0.717) is 18.3 Å². The van der Waals surface area contributed by atoms with E-state index in [9.17, 15) is 13.2 Å². The van der Waals surface area contributed by atoms with Crippen LogP contribution in [0.15, 0.2) is 24.3 Å². The first kappa shape index (κ1) is 13.4. The lowest BCUT2D eigenvalue weighted by atomic mass is 9.89. The van der Waals surface area contributed by atoms with Crippen molar-refractivity contribution in [1.82, 2.24) is 0 Å². The quantitative estimate of drug-likeness (QED) is 0.860. The lowest BCUT2D eigenvalue weighted by Crippen LogP contribution is -2.25. The number of alkyl halides is 3. The zero-order chi connectivity index (χ0) is 13.3. The molecule has 0 aliphatic heterocycles. The third-order valence-corrected chi connectivity index (χ3v) is 4.04. The molecule has 1 fully saturated rings. The minimum absolute atomic E-state index is 0.195. The molecule has 3 unspecified atom stereocenters. The van der Waals surface area contributed by atoms with E-state index < -0.39 is 11.7 Å². The predicted molar refractivity (Wildman–Crippen MR) is 65.0 cm³/mol. The van der Waals surface area contributed by atoms with Gasteiger partial charge >= 0.3 is 6.18 Å². The fraction of sp³-hybridized carbons (Fsp3) is 0.571. The van der Waals surface area contributed by atoms with E-state index in [1.54, 1.807) is 6.07 Å². The molecule has 0 aromatic heterocycles. The fourth-order valence-corrected chi connectivity index (χ4v) is 2.75. The Bertz CT molecular complexity index is 414. The van der Waals surface area contributed by atoms with Gasteiger partial charge in [-0.05, 0) is 42.7 Å². The molecule has 1 aliphatic carbocycles. The number of benzene rings is 1. The average molecular weight is 257 g/mol. The maximum Gasteiger partial charge on any atom is 0.416 e. The minimum Gasteiger partial charge on any atom is -0.327 e. The van der Waals surface area contributed by atoms with Crippen molar-refractivity contribution < 1.29 is 13.2 Å². The molecule has 1 nitrogen and oxygen atoms in total. The van der Waals surface area contributed by atoms with Gasteiger partial charge in [-0.3, -0.25) is 0 Å². The summed E-state index contributed by atoms with van der Waals surface area (Å²) in [5, 5.41) is 0. The number of hydrogen-bond acceptors (Lipinski definition) is 1. The summed E-state index contributed by atoms with van der Waals surface area (Å²) in [7, 11) is 0. The third-order valence-electron chi connectivity index (χ3n) is 4.04. The Labute approximate surface area is 105 Å². The first-order chi connectivity index (χ1) is 8.38. The van der Waals surface area contributed by atoms with Gasteiger partial charge in [0.1, 0.15) is 0 Å². The lowest BCUT2D eigenvalue weighted by molar-refractivity contribution is -0.137. The lowest BCUT2D eigenvalue weighted by Gasteiger charge is -2.18. The predicted octanol–water partition coefficient (Wildman–Crippen LogP) is 3.62. The molecule has 1 aromatic rings. The van der Waals surface area contributed by atoms with E-state index in [4.69, 9.17) is 5.73 Å². The molecule has 1 aliphatic rings. The highest BCUT2D eigenvalue weighted by atomic mass is 19.4. The van der Waals surface area contributed by atoms with Crippen molar-refractivity contribution in [2.75, 3.05) is 0 Å².